The molecule has 3 nitrogen and oxygen atoms in total. The van der Waals surface area contributed by atoms with Crippen molar-refractivity contribution >= 4 is 21.6 Å². The zero-order chi connectivity index (χ0) is 12.7. The van der Waals surface area contributed by atoms with Crippen molar-refractivity contribution in [3.63, 3.8) is 0 Å². The van der Waals surface area contributed by atoms with Crippen LogP contribution >= 0.6 is 15.9 Å². The number of nitrogens with zero attached hydrogens (tertiary/aromatic N) is 3. The Morgan fingerprint density at radius 1 is 1.11 bits per heavy atom. The average Bonchev–Trinajstić information content (AvgIpc) is 2.69. The molecule has 2 aromatic heterocycles. The highest BCUT2D eigenvalue weighted by molar-refractivity contribution is 9.10. The fraction of sp³-hybridized carbons (Fsp3) is 0. The van der Waals surface area contributed by atoms with Crippen molar-refractivity contribution in [3.8, 4) is 11.1 Å². The van der Waals surface area contributed by atoms with E-state index in [4.69, 9.17) is 0 Å². The van der Waals surface area contributed by atoms with E-state index in [0.29, 0.717) is 21.5 Å². The van der Waals surface area contributed by atoms with Crippen LogP contribution in [0.1, 0.15) is 0 Å². The number of benzene rings is 1. The van der Waals surface area contributed by atoms with Gasteiger partial charge in [0.05, 0.1) is 0 Å². The van der Waals surface area contributed by atoms with Gasteiger partial charge in [-0.3, -0.25) is 0 Å². The first-order valence-corrected chi connectivity index (χ1v) is 5.91. The third kappa shape index (κ3) is 1.78. The molecule has 0 saturated heterocycles. The molecule has 3 aromatic rings. The van der Waals surface area contributed by atoms with Gasteiger partial charge >= 0.3 is 0 Å². The normalized spacial score (nSPS) is 11.1. The largest absolute Gasteiger partial charge is 0.219 e. The Labute approximate surface area is 109 Å². The van der Waals surface area contributed by atoms with Crippen LogP contribution in [0.4, 0.5) is 8.78 Å². The highest BCUT2D eigenvalue weighted by Gasteiger charge is 2.12. The van der Waals surface area contributed by atoms with Gasteiger partial charge in [-0.25, -0.2) is 18.3 Å². The molecule has 3 rings (SSSR count). The number of aromatic nitrogens is 3. The van der Waals surface area contributed by atoms with E-state index < -0.39 is 11.6 Å². The van der Waals surface area contributed by atoms with E-state index in [1.807, 2.05) is 0 Å². The van der Waals surface area contributed by atoms with Crippen molar-refractivity contribution in [2.45, 2.75) is 0 Å². The Morgan fingerprint density at radius 3 is 2.72 bits per heavy atom. The fourth-order valence-corrected chi connectivity index (χ4v) is 2.14. The maximum Gasteiger partial charge on any atom is 0.218 e. The molecule has 0 unspecified atom stereocenters. The molecule has 1 aromatic carbocycles. The van der Waals surface area contributed by atoms with Crippen molar-refractivity contribution in [1.29, 1.82) is 0 Å². The van der Waals surface area contributed by atoms with Crippen LogP contribution in [0.3, 0.4) is 0 Å². The molecule has 0 atom stereocenters. The number of fused-ring (bicyclic) bond motifs is 1. The Bertz CT molecular complexity index is 739. The van der Waals surface area contributed by atoms with Gasteiger partial charge in [0.25, 0.3) is 0 Å². The SMILES string of the molecule is Fc1ccc(-c2cccn3nc(Br)nc23)c(F)c1. The van der Waals surface area contributed by atoms with Gasteiger partial charge < -0.3 is 0 Å². The van der Waals surface area contributed by atoms with E-state index in [1.165, 1.54) is 16.6 Å². The lowest BCUT2D eigenvalue weighted by atomic mass is 10.1. The molecule has 0 radical (unpaired) electrons. The van der Waals surface area contributed by atoms with Crippen molar-refractivity contribution in [1.82, 2.24) is 14.6 Å². The summed E-state index contributed by atoms with van der Waals surface area (Å²) in [5, 5.41) is 4.07. The van der Waals surface area contributed by atoms with Crippen LogP contribution in [0.5, 0.6) is 0 Å². The molecule has 0 aliphatic carbocycles. The monoisotopic (exact) mass is 309 g/mol. The first-order valence-electron chi connectivity index (χ1n) is 5.11. The van der Waals surface area contributed by atoms with Crippen LogP contribution in [-0.4, -0.2) is 14.6 Å². The van der Waals surface area contributed by atoms with Crippen LogP contribution in [-0.2, 0) is 0 Å². The Morgan fingerprint density at radius 2 is 1.94 bits per heavy atom. The predicted molar refractivity (Wildman–Crippen MR) is 66.0 cm³/mol. The highest BCUT2D eigenvalue weighted by atomic mass is 79.9. The highest BCUT2D eigenvalue weighted by Crippen LogP contribution is 2.27. The zero-order valence-electron chi connectivity index (χ0n) is 8.94. The van der Waals surface area contributed by atoms with E-state index in [2.05, 4.69) is 26.0 Å². The molecule has 0 saturated carbocycles. The first kappa shape index (κ1) is 11.3. The summed E-state index contributed by atoms with van der Waals surface area (Å²) in [4.78, 5) is 4.16. The number of hydrogen-bond donors (Lipinski definition) is 0. The summed E-state index contributed by atoms with van der Waals surface area (Å²) >= 11 is 3.16. The summed E-state index contributed by atoms with van der Waals surface area (Å²) in [6.45, 7) is 0. The topological polar surface area (TPSA) is 30.2 Å². The minimum atomic E-state index is -0.623. The molecule has 2 heterocycles. The van der Waals surface area contributed by atoms with Gasteiger partial charge in [-0.15, -0.1) is 5.10 Å². The Kier molecular flexibility index (Phi) is 2.59. The van der Waals surface area contributed by atoms with E-state index >= 15 is 0 Å². The molecule has 0 fully saturated rings. The maximum absolute atomic E-state index is 13.8. The van der Waals surface area contributed by atoms with Gasteiger partial charge in [0.2, 0.25) is 4.73 Å². The molecule has 90 valence electrons. The lowest BCUT2D eigenvalue weighted by Crippen LogP contribution is -1.92. The van der Waals surface area contributed by atoms with Crippen molar-refractivity contribution < 1.29 is 8.78 Å². The minimum absolute atomic E-state index is 0.293. The predicted octanol–water partition coefficient (Wildman–Crippen LogP) is 3.44. The molecule has 0 N–H and O–H groups in total. The number of halogens is 3. The molecular weight excluding hydrogens is 304 g/mol. The second kappa shape index (κ2) is 4.13. The maximum atomic E-state index is 13.8. The average molecular weight is 310 g/mol. The lowest BCUT2D eigenvalue weighted by molar-refractivity contribution is 0.585. The quantitative estimate of drug-likeness (QED) is 0.689. The third-order valence-corrected chi connectivity index (χ3v) is 2.89. The van der Waals surface area contributed by atoms with Gasteiger partial charge in [0, 0.05) is 23.4 Å². The summed E-state index contributed by atoms with van der Waals surface area (Å²) in [6, 6.07) is 6.90. The molecule has 0 amide bonds. The second-order valence-electron chi connectivity index (χ2n) is 3.70. The van der Waals surface area contributed by atoms with Gasteiger partial charge in [-0.2, -0.15) is 0 Å². The Hall–Kier alpha value is -1.82. The van der Waals surface area contributed by atoms with Crippen LogP contribution in [0, 0.1) is 11.6 Å². The standard InChI is InChI=1S/C12H6BrF2N3/c13-12-16-11-9(2-1-5-18(11)17-12)8-4-3-7(14)6-10(8)15/h1-6H. The molecule has 0 bridgehead atoms. The molecule has 0 aliphatic rings. The summed E-state index contributed by atoms with van der Waals surface area (Å²) in [7, 11) is 0. The van der Waals surface area contributed by atoms with E-state index in [-0.39, 0.29) is 0 Å². The summed E-state index contributed by atoms with van der Waals surface area (Å²) in [5.74, 6) is -1.23. The fourth-order valence-electron chi connectivity index (χ4n) is 1.80. The summed E-state index contributed by atoms with van der Waals surface area (Å²) in [6.07, 6.45) is 1.71. The number of rotatable bonds is 1. The summed E-state index contributed by atoms with van der Waals surface area (Å²) in [5.41, 5.74) is 1.37. The summed E-state index contributed by atoms with van der Waals surface area (Å²) < 4.78 is 28.6. The van der Waals surface area contributed by atoms with Crippen LogP contribution < -0.4 is 0 Å². The molecule has 18 heavy (non-hydrogen) atoms. The number of pyridine rings is 1. The Balaban J connectivity index is 2.31. The van der Waals surface area contributed by atoms with E-state index in [1.54, 1.807) is 18.3 Å². The van der Waals surface area contributed by atoms with Crippen molar-refractivity contribution in [2.24, 2.45) is 0 Å². The smallest absolute Gasteiger partial charge is 0.218 e. The minimum Gasteiger partial charge on any atom is -0.219 e. The van der Waals surface area contributed by atoms with Crippen molar-refractivity contribution in [3.05, 3.63) is 52.9 Å². The van der Waals surface area contributed by atoms with Crippen LogP contribution in [0.2, 0.25) is 0 Å². The van der Waals surface area contributed by atoms with Gasteiger partial charge in [-0.05, 0) is 40.2 Å². The molecule has 0 aliphatic heterocycles. The zero-order valence-corrected chi connectivity index (χ0v) is 10.5. The van der Waals surface area contributed by atoms with Crippen LogP contribution in [0.15, 0.2) is 41.3 Å². The molecule has 0 spiro atoms. The lowest BCUT2D eigenvalue weighted by Gasteiger charge is -2.04. The van der Waals surface area contributed by atoms with Gasteiger partial charge in [-0.1, -0.05) is 0 Å². The van der Waals surface area contributed by atoms with Gasteiger partial charge in [0.1, 0.15) is 11.6 Å². The van der Waals surface area contributed by atoms with Crippen LogP contribution in [0.25, 0.3) is 16.8 Å². The number of hydrogen-bond acceptors (Lipinski definition) is 2. The van der Waals surface area contributed by atoms with Gasteiger partial charge in [0.15, 0.2) is 5.65 Å². The first-order chi connectivity index (χ1) is 8.65. The second-order valence-corrected chi connectivity index (χ2v) is 4.40. The third-order valence-electron chi connectivity index (χ3n) is 2.56. The van der Waals surface area contributed by atoms with E-state index in [0.717, 1.165) is 6.07 Å². The molecular formula is C12H6BrF2N3. The molecule has 6 heteroatoms. The van der Waals surface area contributed by atoms with E-state index in [9.17, 15) is 8.78 Å². The van der Waals surface area contributed by atoms with Crippen molar-refractivity contribution in [2.75, 3.05) is 0 Å².